The summed E-state index contributed by atoms with van der Waals surface area (Å²) < 4.78 is 2.16. The molecule has 0 fully saturated rings. The molecule has 2 N–H and O–H groups in total. The van der Waals surface area contributed by atoms with Gasteiger partial charge in [-0.1, -0.05) is 6.07 Å². The van der Waals surface area contributed by atoms with Gasteiger partial charge in [-0.05, 0) is 50.3 Å². The monoisotopic (exact) mass is 227 g/mol. The third kappa shape index (κ3) is 1.71. The van der Waals surface area contributed by atoms with Crippen molar-refractivity contribution in [2.45, 2.75) is 32.6 Å². The number of rotatable bonds is 1. The molecule has 3 nitrogen and oxygen atoms in total. The molecule has 0 bridgehead atoms. The third-order valence-corrected chi connectivity index (χ3v) is 3.48. The Morgan fingerprint density at radius 2 is 2.06 bits per heavy atom. The average molecular weight is 227 g/mol. The summed E-state index contributed by atoms with van der Waals surface area (Å²) in [7, 11) is 0. The summed E-state index contributed by atoms with van der Waals surface area (Å²) >= 11 is 0. The number of nitrogen functional groups attached to an aromatic ring is 1. The molecule has 3 heteroatoms. The van der Waals surface area contributed by atoms with E-state index in [1.807, 2.05) is 18.5 Å². The zero-order valence-corrected chi connectivity index (χ0v) is 10.1. The summed E-state index contributed by atoms with van der Waals surface area (Å²) in [5, 5.41) is 0. The van der Waals surface area contributed by atoms with E-state index >= 15 is 0 Å². The first-order valence-electron chi connectivity index (χ1n) is 6.17. The standard InChI is InChI=1S/C14H17N3/c1-10-6-7-11(15)14(8-10)17-9-16-12-4-2-3-5-13(12)17/h6-9H,2-5,15H2,1H3. The fourth-order valence-corrected chi connectivity index (χ4v) is 2.54. The van der Waals surface area contributed by atoms with Gasteiger partial charge in [0.15, 0.2) is 0 Å². The van der Waals surface area contributed by atoms with Crippen LogP contribution in [0.25, 0.3) is 5.69 Å². The second-order valence-corrected chi connectivity index (χ2v) is 4.78. The Bertz CT molecular complexity index is 555. The molecule has 1 aliphatic carbocycles. The van der Waals surface area contributed by atoms with E-state index in [4.69, 9.17) is 5.73 Å². The Hall–Kier alpha value is -1.77. The van der Waals surface area contributed by atoms with E-state index in [1.165, 1.54) is 29.8 Å². The number of nitrogens with two attached hydrogens (primary N) is 1. The molecular formula is C14H17N3. The first kappa shape index (κ1) is 10.4. The molecule has 1 aromatic heterocycles. The van der Waals surface area contributed by atoms with Crippen LogP contribution < -0.4 is 5.73 Å². The summed E-state index contributed by atoms with van der Waals surface area (Å²) in [6, 6.07) is 6.15. The van der Waals surface area contributed by atoms with Crippen molar-refractivity contribution in [2.75, 3.05) is 5.73 Å². The van der Waals surface area contributed by atoms with Gasteiger partial charge in [-0.3, -0.25) is 0 Å². The van der Waals surface area contributed by atoms with E-state index < -0.39 is 0 Å². The van der Waals surface area contributed by atoms with Crippen LogP contribution in [0.5, 0.6) is 0 Å². The van der Waals surface area contributed by atoms with Crippen LogP contribution in [0.2, 0.25) is 0 Å². The van der Waals surface area contributed by atoms with Crippen LogP contribution >= 0.6 is 0 Å². The van der Waals surface area contributed by atoms with Gasteiger partial charge >= 0.3 is 0 Å². The zero-order chi connectivity index (χ0) is 11.8. The molecule has 0 radical (unpaired) electrons. The van der Waals surface area contributed by atoms with Gasteiger partial charge < -0.3 is 10.3 Å². The number of hydrogen-bond acceptors (Lipinski definition) is 2. The highest BCUT2D eigenvalue weighted by atomic mass is 15.1. The van der Waals surface area contributed by atoms with Crippen molar-refractivity contribution < 1.29 is 0 Å². The molecule has 0 spiro atoms. The maximum atomic E-state index is 6.07. The van der Waals surface area contributed by atoms with E-state index in [1.54, 1.807) is 0 Å². The Kier molecular flexibility index (Phi) is 2.39. The van der Waals surface area contributed by atoms with Gasteiger partial charge in [0.25, 0.3) is 0 Å². The maximum Gasteiger partial charge on any atom is 0.0998 e. The molecule has 88 valence electrons. The highest BCUT2D eigenvalue weighted by Crippen LogP contribution is 2.26. The van der Waals surface area contributed by atoms with Gasteiger partial charge in [-0.25, -0.2) is 4.98 Å². The summed E-state index contributed by atoms with van der Waals surface area (Å²) in [6.45, 7) is 2.09. The van der Waals surface area contributed by atoms with E-state index in [9.17, 15) is 0 Å². The summed E-state index contributed by atoms with van der Waals surface area (Å²) in [5.74, 6) is 0. The normalized spacial score (nSPS) is 14.6. The number of nitrogens with zero attached hydrogens (tertiary/aromatic N) is 2. The van der Waals surface area contributed by atoms with Crippen molar-refractivity contribution in [3.63, 3.8) is 0 Å². The third-order valence-electron chi connectivity index (χ3n) is 3.48. The van der Waals surface area contributed by atoms with Crippen LogP contribution in [0.4, 0.5) is 5.69 Å². The minimum atomic E-state index is 0.821. The Balaban J connectivity index is 2.15. The Morgan fingerprint density at radius 3 is 2.94 bits per heavy atom. The molecule has 0 unspecified atom stereocenters. The molecule has 3 rings (SSSR count). The summed E-state index contributed by atoms with van der Waals surface area (Å²) in [5.41, 5.74) is 11.8. The van der Waals surface area contributed by atoms with E-state index in [2.05, 4.69) is 22.5 Å². The number of fused-ring (bicyclic) bond motifs is 1. The van der Waals surface area contributed by atoms with Crippen LogP contribution in [-0.2, 0) is 12.8 Å². The van der Waals surface area contributed by atoms with Gasteiger partial charge in [0.2, 0.25) is 0 Å². The lowest BCUT2D eigenvalue weighted by Crippen LogP contribution is -2.08. The minimum Gasteiger partial charge on any atom is -0.397 e. The van der Waals surface area contributed by atoms with Crippen LogP contribution in [0.15, 0.2) is 24.5 Å². The lowest BCUT2D eigenvalue weighted by molar-refractivity contribution is 0.656. The van der Waals surface area contributed by atoms with E-state index in [-0.39, 0.29) is 0 Å². The predicted molar refractivity (Wildman–Crippen MR) is 69.4 cm³/mol. The molecule has 0 saturated heterocycles. The average Bonchev–Trinajstić information content (AvgIpc) is 2.76. The highest BCUT2D eigenvalue weighted by molar-refractivity contribution is 5.59. The van der Waals surface area contributed by atoms with E-state index in [0.717, 1.165) is 24.2 Å². The Morgan fingerprint density at radius 1 is 1.24 bits per heavy atom. The van der Waals surface area contributed by atoms with Crippen molar-refractivity contribution in [3.8, 4) is 5.69 Å². The molecule has 0 atom stereocenters. The second kappa shape index (κ2) is 3.91. The smallest absolute Gasteiger partial charge is 0.0998 e. The maximum absolute atomic E-state index is 6.07. The molecule has 0 saturated carbocycles. The molecular weight excluding hydrogens is 210 g/mol. The number of aryl methyl sites for hydroxylation is 2. The first-order valence-corrected chi connectivity index (χ1v) is 6.17. The lowest BCUT2D eigenvalue weighted by Gasteiger charge is -2.15. The number of benzene rings is 1. The Labute approximate surface area is 101 Å². The topological polar surface area (TPSA) is 43.8 Å². The van der Waals surface area contributed by atoms with Gasteiger partial charge in [0.1, 0.15) is 0 Å². The molecule has 0 amide bonds. The molecule has 1 aliphatic rings. The number of anilines is 1. The number of hydrogen-bond donors (Lipinski definition) is 1. The van der Waals surface area contributed by atoms with Crippen molar-refractivity contribution in [1.82, 2.24) is 9.55 Å². The first-order chi connectivity index (χ1) is 8.25. The van der Waals surface area contributed by atoms with Crippen molar-refractivity contribution in [2.24, 2.45) is 0 Å². The quantitative estimate of drug-likeness (QED) is 0.761. The van der Waals surface area contributed by atoms with Crippen molar-refractivity contribution in [1.29, 1.82) is 0 Å². The molecule has 2 aromatic rings. The minimum absolute atomic E-state index is 0.821. The van der Waals surface area contributed by atoms with Crippen LogP contribution in [-0.4, -0.2) is 9.55 Å². The van der Waals surface area contributed by atoms with Crippen LogP contribution in [0.3, 0.4) is 0 Å². The summed E-state index contributed by atoms with van der Waals surface area (Å²) in [6.07, 6.45) is 6.65. The van der Waals surface area contributed by atoms with Crippen LogP contribution in [0, 0.1) is 6.92 Å². The van der Waals surface area contributed by atoms with E-state index in [0.29, 0.717) is 0 Å². The molecule has 1 aromatic carbocycles. The summed E-state index contributed by atoms with van der Waals surface area (Å²) in [4.78, 5) is 4.51. The lowest BCUT2D eigenvalue weighted by atomic mass is 10.0. The zero-order valence-electron chi connectivity index (χ0n) is 10.1. The van der Waals surface area contributed by atoms with Gasteiger partial charge in [-0.15, -0.1) is 0 Å². The molecule has 1 heterocycles. The highest BCUT2D eigenvalue weighted by Gasteiger charge is 2.16. The second-order valence-electron chi connectivity index (χ2n) is 4.78. The van der Waals surface area contributed by atoms with Crippen molar-refractivity contribution >= 4 is 5.69 Å². The predicted octanol–water partition coefficient (Wildman–Crippen LogP) is 2.64. The number of imidazole rings is 1. The SMILES string of the molecule is Cc1ccc(N)c(-n2cnc3c2CCCC3)c1. The number of aromatic nitrogens is 2. The van der Waals surface area contributed by atoms with Crippen LogP contribution in [0.1, 0.15) is 29.8 Å². The van der Waals surface area contributed by atoms with Gasteiger partial charge in [-0.2, -0.15) is 0 Å². The van der Waals surface area contributed by atoms with Crippen molar-refractivity contribution in [3.05, 3.63) is 41.5 Å². The fourth-order valence-electron chi connectivity index (χ4n) is 2.54. The molecule has 0 aliphatic heterocycles. The van der Waals surface area contributed by atoms with Gasteiger partial charge in [0, 0.05) is 5.69 Å². The fraction of sp³-hybridized carbons (Fsp3) is 0.357. The molecule has 17 heavy (non-hydrogen) atoms. The largest absolute Gasteiger partial charge is 0.397 e. The van der Waals surface area contributed by atoms with Gasteiger partial charge in [0.05, 0.1) is 23.4 Å².